The van der Waals surface area contributed by atoms with Gasteiger partial charge in [0, 0.05) is 30.9 Å². The molecular weight excluding hydrogens is 356 g/mol. The Morgan fingerprint density at radius 2 is 2.15 bits per heavy atom. The van der Waals surface area contributed by atoms with Crippen molar-refractivity contribution in [1.82, 2.24) is 20.0 Å². The lowest BCUT2D eigenvalue weighted by Crippen LogP contribution is -2.50. The quantitative estimate of drug-likeness (QED) is 0.845. The van der Waals surface area contributed by atoms with Gasteiger partial charge in [0.1, 0.15) is 12.4 Å². The molecule has 8 nitrogen and oxygen atoms in total. The van der Waals surface area contributed by atoms with Crippen LogP contribution in [-0.2, 0) is 16.9 Å². The Bertz CT molecular complexity index is 940. The molecule has 0 radical (unpaired) electrons. The Morgan fingerprint density at radius 1 is 1.35 bits per heavy atom. The van der Waals surface area contributed by atoms with Crippen LogP contribution in [-0.4, -0.2) is 53.8 Å². The van der Waals surface area contributed by atoms with E-state index in [9.17, 15) is 13.2 Å². The molecule has 2 aliphatic heterocycles. The lowest BCUT2D eigenvalue weighted by atomic mass is 10.1. The van der Waals surface area contributed by atoms with Crippen LogP contribution in [0.15, 0.2) is 36.7 Å². The molecule has 1 saturated heterocycles. The smallest absolute Gasteiger partial charge is 0.318 e. The Morgan fingerprint density at radius 3 is 2.92 bits per heavy atom. The lowest BCUT2D eigenvalue weighted by Gasteiger charge is -2.35. The minimum absolute atomic E-state index is 0.0328. The number of carbonyl (C=O) groups is 1. The maximum Gasteiger partial charge on any atom is 0.318 e. The zero-order chi connectivity index (χ0) is 18.3. The normalized spacial score (nSPS) is 24.0. The maximum absolute atomic E-state index is 12.9. The maximum atomic E-state index is 12.9. The molecule has 9 heteroatoms. The van der Waals surface area contributed by atoms with Gasteiger partial charge in [-0.1, -0.05) is 18.2 Å². The van der Waals surface area contributed by atoms with Gasteiger partial charge < -0.3 is 15.0 Å². The van der Waals surface area contributed by atoms with E-state index in [1.54, 1.807) is 29.0 Å². The monoisotopic (exact) mass is 376 g/mol. The van der Waals surface area contributed by atoms with Crippen molar-refractivity contribution in [3.8, 4) is 5.75 Å². The number of para-hydroxylation sites is 1. The molecular formula is C17H20N4O4S. The second-order valence-corrected chi connectivity index (χ2v) is 8.85. The summed E-state index contributed by atoms with van der Waals surface area (Å²) in [5.74, 6) is 0.640. The van der Waals surface area contributed by atoms with Crippen LogP contribution in [0.1, 0.15) is 23.2 Å². The van der Waals surface area contributed by atoms with Crippen molar-refractivity contribution in [2.45, 2.75) is 12.1 Å². The largest absolute Gasteiger partial charge is 0.491 e. The number of fused-ring (bicyclic) bond motifs is 1. The van der Waals surface area contributed by atoms with Crippen molar-refractivity contribution < 1.29 is 17.9 Å². The summed E-state index contributed by atoms with van der Waals surface area (Å²) in [7, 11) is -1.43. The number of nitrogens with one attached hydrogen (secondary N) is 1. The summed E-state index contributed by atoms with van der Waals surface area (Å²) < 4.78 is 31.4. The van der Waals surface area contributed by atoms with Crippen molar-refractivity contribution in [1.29, 1.82) is 0 Å². The number of aryl methyl sites for hydroxylation is 1. The summed E-state index contributed by atoms with van der Waals surface area (Å²) in [6.45, 7) is 0.526. The van der Waals surface area contributed by atoms with Gasteiger partial charge in [-0.25, -0.2) is 13.2 Å². The number of urea groups is 1. The second-order valence-electron chi connectivity index (χ2n) is 6.62. The Labute approximate surface area is 151 Å². The van der Waals surface area contributed by atoms with E-state index in [2.05, 4.69) is 10.4 Å². The topological polar surface area (TPSA) is 93.5 Å². The van der Waals surface area contributed by atoms with E-state index >= 15 is 0 Å². The van der Waals surface area contributed by atoms with Gasteiger partial charge in [0.25, 0.3) is 0 Å². The van der Waals surface area contributed by atoms with E-state index in [-0.39, 0.29) is 30.1 Å². The minimum Gasteiger partial charge on any atom is -0.491 e. The SMILES string of the molecule is Cn1cc(C2CS(=O)(=O)CCN2C(=O)NC2COc3ccccc32)cn1. The molecule has 2 aliphatic rings. The first-order valence-corrected chi connectivity index (χ1v) is 10.2. The van der Waals surface area contributed by atoms with Crippen molar-refractivity contribution in [3.05, 3.63) is 47.8 Å². The van der Waals surface area contributed by atoms with Crippen LogP contribution in [0.25, 0.3) is 0 Å². The van der Waals surface area contributed by atoms with Crippen molar-refractivity contribution in [2.24, 2.45) is 7.05 Å². The fourth-order valence-electron chi connectivity index (χ4n) is 3.45. The second kappa shape index (κ2) is 6.31. The van der Waals surface area contributed by atoms with Crippen molar-refractivity contribution in [2.75, 3.05) is 24.7 Å². The van der Waals surface area contributed by atoms with E-state index < -0.39 is 15.9 Å². The van der Waals surface area contributed by atoms with Crippen molar-refractivity contribution in [3.63, 3.8) is 0 Å². The van der Waals surface area contributed by atoms with Gasteiger partial charge in [0.2, 0.25) is 0 Å². The molecule has 2 amide bonds. The Balaban J connectivity index is 1.56. The standard InChI is InChI=1S/C17H20N4O4S/c1-20-9-12(8-18-20)15-11-26(23,24)7-6-21(15)17(22)19-14-10-25-16-5-3-2-4-13(14)16/h2-5,8-9,14-15H,6-7,10-11H2,1H3,(H,19,22). The first-order valence-electron chi connectivity index (χ1n) is 8.41. The minimum atomic E-state index is -3.20. The van der Waals surface area contributed by atoms with Crippen LogP contribution < -0.4 is 10.1 Å². The third kappa shape index (κ3) is 3.14. The van der Waals surface area contributed by atoms with Crippen LogP contribution in [0.2, 0.25) is 0 Å². The first kappa shape index (κ1) is 16.9. The van der Waals surface area contributed by atoms with Crippen LogP contribution in [0, 0.1) is 0 Å². The highest BCUT2D eigenvalue weighted by Gasteiger charge is 2.37. The Kier molecular flexibility index (Phi) is 4.10. The molecule has 2 atom stereocenters. The molecule has 1 aromatic heterocycles. The number of carbonyl (C=O) groups excluding carboxylic acids is 1. The molecule has 3 heterocycles. The molecule has 0 saturated carbocycles. The fourth-order valence-corrected chi connectivity index (χ4v) is 4.95. The van der Waals surface area contributed by atoms with E-state index in [1.165, 1.54) is 0 Å². The highest BCUT2D eigenvalue weighted by molar-refractivity contribution is 7.91. The fraction of sp³-hybridized carbons (Fsp3) is 0.412. The van der Waals surface area contributed by atoms with E-state index in [0.717, 1.165) is 11.3 Å². The average molecular weight is 376 g/mol. The first-order chi connectivity index (χ1) is 12.4. The van der Waals surface area contributed by atoms with Crippen LogP contribution in [0.5, 0.6) is 5.75 Å². The summed E-state index contributed by atoms with van der Waals surface area (Å²) in [6.07, 6.45) is 3.36. The molecule has 0 spiro atoms. The molecule has 1 aromatic carbocycles. The van der Waals surface area contributed by atoms with Gasteiger partial charge in [-0.15, -0.1) is 0 Å². The lowest BCUT2D eigenvalue weighted by molar-refractivity contribution is 0.174. The summed E-state index contributed by atoms with van der Waals surface area (Å²) >= 11 is 0. The summed E-state index contributed by atoms with van der Waals surface area (Å²) in [4.78, 5) is 14.5. The van der Waals surface area contributed by atoms with Gasteiger partial charge in [0.15, 0.2) is 9.84 Å². The third-order valence-electron chi connectivity index (χ3n) is 4.80. The molecule has 26 heavy (non-hydrogen) atoms. The molecule has 1 fully saturated rings. The number of ether oxygens (including phenoxy) is 1. The van der Waals surface area contributed by atoms with E-state index in [4.69, 9.17) is 4.74 Å². The zero-order valence-electron chi connectivity index (χ0n) is 14.3. The molecule has 2 unspecified atom stereocenters. The van der Waals surface area contributed by atoms with Crippen LogP contribution >= 0.6 is 0 Å². The number of amides is 2. The molecule has 1 N–H and O–H groups in total. The molecule has 4 rings (SSSR count). The van der Waals surface area contributed by atoms with Gasteiger partial charge in [-0.3, -0.25) is 4.68 Å². The van der Waals surface area contributed by atoms with E-state index in [0.29, 0.717) is 12.2 Å². The molecule has 138 valence electrons. The zero-order valence-corrected chi connectivity index (χ0v) is 15.1. The molecule has 0 bridgehead atoms. The molecule has 2 aromatic rings. The Hall–Kier alpha value is -2.55. The number of sulfone groups is 1. The highest BCUT2D eigenvalue weighted by atomic mass is 32.2. The number of benzene rings is 1. The molecule has 0 aliphatic carbocycles. The third-order valence-corrected chi connectivity index (χ3v) is 6.43. The number of hydrogen-bond acceptors (Lipinski definition) is 5. The summed E-state index contributed by atoms with van der Waals surface area (Å²) in [5.41, 5.74) is 1.65. The van der Waals surface area contributed by atoms with Gasteiger partial charge in [-0.2, -0.15) is 5.10 Å². The number of nitrogens with zero attached hydrogens (tertiary/aromatic N) is 3. The van der Waals surface area contributed by atoms with Crippen molar-refractivity contribution >= 4 is 15.9 Å². The predicted molar refractivity (Wildman–Crippen MR) is 94.5 cm³/mol. The van der Waals surface area contributed by atoms with E-state index in [1.807, 2.05) is 24.3 Å². The van der Waals surface area contributed by atoms with Crippen LogP contribution in [0.3, 0.4) is 0 Å². The predicted octanol–water partition coefficient (Wildman–Crippen LogP) is 1.03. The number of hydrogen-bond donors (Lipinski definition) is 1. The summed E-state index contributed by atoms with van der Waals surface area (Å²) in [5, 5.41) is 7.09. The number of aromatic nitrogens is 2. The van der Waals surface area contributed by atoms with Crippen LogP contribution in [0.4, 0.5) is 4.79 Å². The number of rotatable bonds is 2. The average Bonchev–Trinajstić information content (AvgIpc) is 3.21. The van der Waals surface area contributed by atoms with Gasteiger partial charge in [-0.05, 0) is 6.07 Å². The summed E-state index contributed by atoms with van der Waals surface area (Å²) in [6, 6.07) is 6.50. The van der Waals surface area contributed by atoms with Gasteiger partial charge in [0.05, 0.1) is 29.8 Å². The highest BCUT2D eigenvalue weighted by Crippen LogP contribution is 2.33. The van der Waals surface area contributed by atoms with Gasteiger partial charge >= 0.3 is 6.03 Å².